The summed E-state index contributed by atoms with van der Waals surface area (Å²) in [5.74, 6) is -7.30. The maximum Gasteiger partial charge on any atom is 0.274 e. The van der Waals surface area contributed by atoms with E-state index in [1.54, 1.807) is 41.6 Å². The van der Waals surface area contributed by atoms with Gasteiger partial charge in [0.15, 0.2) is 23.3 Å². The zero-order valence-corrected chi connectivity index (χ0v) is 15.6. The molecule has 2 aromatic carbocycles. The highest BCUT2D eigenvalue weighted by Crippen LogP contribution is 2.22. The molecule has 30 heavy (non-hydrogen) atoms. The number of pyridine rings is 1. The van der Waals surface area contributed by atoms with Gasteiger partial charge in [0.25, 0.3) is 5.91 Å². The average molecular weight is 419 g/mol. The van der Waals surface area contributed by atoms with Crippen LogP contribution in [0.1, 0.15) is 27.0 Å². The number of halogens is 4. The number of hydrogen-bond donors (Lipinski definition) is 2. The Labute approximate surface area is 169 Å². The molecular formula is C21H17F4N3O2. The van der Waals surface area contributed by atoms with Crippen molar-refractivity contribution in [1.29, 1.82) is 0 Å². The number of carbonyl (C=O) groups excluding carboxylic acids is 1. The number of nitrogens with one attached hydrogen (secondary N) is 1. The lowest BCUT2D eigenvalue weighted by atomic mass is 10.1. The van der Waals surface area contributed by atoms with E-state index < -0.39 is 29.2 Å². The summed E-state index contributed by atoms with van der Waals surface area (Å²) in [6.45, 7) is 0.302. The van der Waals surface area contributed by atoms with Crippen molar-refractivity contribution in [2.45, 2.75) is 19.6 Å². The monoisotopic (exact) mass is 419 g/mol. The van der Waals surface area contributed by atoms with E-state index in [9.17, 15) is 22.4 Å². The van der Waals surface area contributed by atoms with Crippen LogP contribution in [0.2, 0.25) is 0 Å². The third kappa shape index (κ3) is 5.00. The van der Waals surface area contributed by atoms with Gasteiger partial charge in [-0.05, 0) is 35.4 Å². The first-order valence-electron chi connectivity index (χ1n) is 8.85. The molecule has 0 aliphatic heterocycles. The Balaban J connectivity index is 1.87. The number of carbonyl (C=O) groups is 1. The van der Waals surface area contributed by atoms with Crippen LogP contribution in [0, 0.1) is 23.3 Å². The van der Waals surface area contributed by atoms with E-state index in [2.05, 4.69) is 4.98 Å². The van der Waals surface area contributed by atoms with Gasteiger partial charge in [-0.1, -0.05) is 18.2 Å². The highest BCUT2D eigenvalue weighted by Gasteiger charge is 2.21. The highest BCUT2D eigenvalue weighted by molar-refractivity contribution is 5.93. The molecule has 9 heteroatoms. The summed E-state index contributed by atoms with van der Waals surface area (Å²) in [6, 6.07) is 10.4. The van der Waals surface area contributed by atoms with Gasteiger partial charge < -0.3 is 0 Å². The minimum Gasteiger partial charge on any atom is -0.290 e. The van der Waals surface area contributed by atoms with Gasteiger partial charge >= 0.3 is 0 Å². The summed E-state index contributed by atoms with van der Waals surface area (Å²) < 4.78 is 54.7. The maximum absolute atomic E-state index is 14.2. The number of nitrogens with zero attached hydrogens (tertiary/aromatic N) is 2. The Hall–Kier alpha value is -3.30. The molecule has 0 bridgehead atoms. The van der Waals surface area contributed by atoms with Gasteiger partial charge in [-0.3, -0.25) is 19.9 Å². The minimum atomic E-state index is -1.86. The molecule has 2 N–H and O–H groups in total. The summed E-state index contributed by atoms with van der Waals surface area (Å²) in [6.07, 6.45) is 3.19. The fourth-order valence-corrected chi connectivity index (χ4v) is 2.98. The molecule has 0 atom stereocenters. The normalized spacial score (nSPS) is 11.0. The molecule has 0 aliphatic carbocycles. The summed E-state index contributed by atoms with van der Waals surface area (Å²) >= 11 is 0. The van der Waals surface area contributed by atoms with Gasteiger partial charge in [-0.2, -0.15) is 0 Å². The van der Waals surface area contributed by atoms with E-state index >= 15 is 0 Å². The molecule has 1 aromatic heterocycles. The van der Waals surface area contributed by atoms with Crippen LogP contribution < -0.4 is 5.48 Å². The molecule has 1 amide bonds. The summed E-state index contributed by atoms with van der Waals surface area (Å²) in [5, 5.41) is 8.68. The molecule has 0 saturated heterocycles. The molecule has 5 nitrogen and oxygen atoms in total. The Morgan fingerprint density at radius 2 is 1.63 bits per heavy atom. The second-order valence-electron chi connectivity index (χ2n) is 6.60. The van der Waals surface area contributed by atoms with Crippen molar-refractivity contribution in [3.05, 3.63) is 100 Å². The molecule has 1 heterocycles. The number of aromatic nitrogens is 1. The van der Waals surface area contributed by atoms with Gasteiger partial charge in [0.2, 0.25) is 0 Å². The molecule has 0 radical (unpaired) electrons. The molecule has 0 saturated carbocycles. The molecule has 156 valence electrons. The predicted molar refractivity (Wildman–Crippen MR) is 99.2 cm³/mol. The van der Waals surface area contributed by atoms with Crippen molar-refractivity contribution in [3.63, 3.8) is 0 Å². The first-order chi connectivity index (χ1) is 14.4. The molecule has 3 rings (SSSR count). The Morgan fingerprint density at radius 1 is 0.933 bits per heavy atom. The van der Waals surface area contributed by atoms with Crippen molar-refractivity contribution < 1.29 is 27.6 Å². The van der Waals surface area contributed by atoms with Gasteiger partial charge in [0.1, 0.15) is 0 Å². The smallest absolute Gasteiger partial charge is 0.274 e. The van der Waals surface area contributed by atoms with Crippen LogP contribution in [-0.2, 0) is 19.6 Å². The number of rotatable bonds is 7. The third-order valence-corrected chi connectivity index (χ3v) is 4.42. The van der Waals surface area contributed by atoms with E-state index in [1.165, 1.54) is 17.6 Å². The van der Waals surface area contributed by atoms with Gasteiger partial charge in [-0.15, -0.1) is 0 Å². The molecule has 0 fully saturated rings. The number of hydroxylamine groups is 1. The summed E-state index contributed by atoms with van der Waals surface area (Å²) in [4.78, 5) is 17.1. The lowest BCUT2D eigenvalue weighted by Gasteiger charge is -2.23. The van der Waals surface area contributed by atoms with Gasteiger partial charge in [0.05, 0.1) is 0 Å². The van der Waals surface area contributed by atoms with Gasteiger partial charge in [0, 0.05) is 43.2 Å². The van der Waals surface area contributed by atoms with Crippen molar-refractivity contribution >= 4 is 5.91 Å². The lowest BCUT2D eigenvalue weighted by Crippen LogP contribution is -2.24. The van der Waals surface area contributed by atoms with Crippen LogP contribution in [0.3, 0.4) is 0 Å². The third-order valence-electron chi connectivity index (χ3n) is 4.42. The Kier molecular flexibility index (Phi) is 6.76. The van der Waals surface area contributed by atoms with E-state index in [0.29, 0.717) is 6.07 Å². The van der Waals surface area contributed by atoms with E-state index in [0.717, 1.165) is 11.1 Å². The number of hydrogen-bond acceptors (Lipinski definition) is 4. The topological polar surface area (TPSA) is 65.5 Å². The van der Waals surface area contributed by atoms with Gasteiger partial charge in [-0.25, -0.2) is 23.0 Å². The summed E-state index contributed by atoms with van der Waals surface area (Å²) in [5.41, 5.74) is 2.93. The number of amides is 1. The van der Waals surface area contributed by atoms with E-state index in [4.69, 9.17) is 5.21 Å². The SMILES string of the molecule is O=C(NO)c1ccc(CN(Cc2cccnc2)Cc2cc(F)c(F)c(F)c2F)cc1. The number of benzene rings is 2. The van der Waals surface area contributed by atoms with Crippen molar-refractivity contribution in [3.8, 4) is 0 Å². The zero-order valence-electron chi connectivity index (χ0n) is 15.6. The first-order valence-corrected chi connectivity index (χ1v) is 8.85. The Bertz CT molecular complexity index is 1030. The zero-order chi connectivity index (χ0) is 21.7. The largest absolute Gasteiger partial charge is 0.290 e. The van der Waals surface area contributed by atoms with Crippen LogP contribution in [0.25, 0.3) is 0 Å². The van der Waals surface area contributed by atoms with E-state index in [1.807, 2.05) is 0 Å². The first kappa shape index (κ1) is 21.4. The standard InChI is InChI=1S/C21H17F4N3O2/c22-17-8-16(18(23)20(25)19(17)24)12-28(11-14-2-1-7-26-9-14)10-13-3-5-15(6-4-13)21(29)27-30/h1-9,30H,10-12H2,(H,27,29). The quantitative estimate of drug-likeness (QED) is 0.200. The molecule has 3 aromatic rings. The van der Waals surface area contributed by atoms with Crippen molar-refractivity contribution in [2.24, 2.45) is 0 Å². The molecule has 0 aliphatic rings. The maximum atomic E-state index is 14.2. The molecule has 0 unspecified atom stereocenters. The minimum absolute atomic E-state index is 0.201. The van der Waals surface area contributed by atoms with Crippen LogP contribution >= 0.6 is 0 Å². The second kappa shape index (κ2) is 9.47. The fraction of sp³-hybridized carbons (Fsp3) is 0.143. The highest BCUT2D eigenvalue weighted by atomic mass is 19.2. The van der Waals surface area contributed by atoms with Crippen molar-refractivity contribution in [1.82, 2.24) is 15.4 Å². The van der Waals surface area contributed by atoms with Crippen molar-refractivity contribution in [2.75, 3.05) is 0 Å². The second-order valence-corrected chi connectivity index (χ2v) is 6.60. The van der Waals surface area contributed by atoms with Crippen LogP contribution in [0.15, 0.2) is 54.9 Å². The Morgan fingerprint density at radius 3 is 2.27 bits per heavy atom. The molecular weight excluding hydrogens is 402 g/mol. The summed E-state index contributed by atoms with van der Waals surface area (Å²) in [7, 11) is 0. The predicted octanol–water partition coefficient (Wildman–Crippen LogP) is 3.96. The fourth-order valence-electron chi connectivity index (χ4n) is 2.98. The molecule has 0 spiro atoms. The van der Waals surface area contributed by atoms with E-state index in [-0.39, 0.29) is 30.8 Å². The average Bonchev–Trinajstić information content (AvgIpc) is 2.76. The van der Waals surface area contributed by atoms with Crippen LogP contribution in [-0.4, -0.2) is 21.0 Å². The van der Waals surface area contributed by atoms with Crippen LogP contribution in [0.4, 0.5) is 17.6 Å². The van der Waals surface area contributed by atoms with Crippen LogP contribution in [0.5, 0.6) is 0 Å². The lowest BCUT2D eigenvalue weighted by molar-refractivity contribution is 0.0706.